The highest BCUT2D eigenvalue weighted by atomic mass is 14.3. The smallest absolute Gasteiger partial charge is 0.0172 e. The van der Waals surface area contributed by atoms with Crippen LogP contribution in [0.5, 0.6) is 0 Å². The second-order valence-corrected chi connectivity index (χ2v) is 4.58. The molecule has 2 atom stereocenters. The van der Waals surface area contributed by atoms with E-state index in [-0.39, 0.29) is 0 Å². The van der Waals surface area contributed by atoms with Crippen molar-refractivity contribution in [2.24, 2.45) is 17.3 Å². The molecule has 0 spiro atoms. The molecule has 0 aromatic heterocycles. The maximum Gasteiger partial charge on any atom is -0.0172 e. The first-order valence-electron chi connectivity index (χ1n) is 4.74. The van der Waals surface area contributed by atoms with Crippen LogP contribution in [-0.2, 0) is 0 Å². The van der Waals surface area contributed by atoms with Gasteiger partial charge in [-0.2, -0.15) is 0 Å². The van der Waals surface area contributed by atoms with E-state index in [0.29, 0.717) is 5.41 Å². The van der Waals surface area contributed by atoms with Crippen molar-refractivity contribution in [2.45, 2.75) is 40.5 Å². The van der Waals surface area contributed by atoms with Gasteiger partial charge in [-0.3, -0.25) is 0 Å². The summed E-state index contributed by atoms with van der Waals surface area (Å²) in [6, 6.07) is 0. The highest BCUT2D eigenvalue weighted by Gasteiger charge is 2.26. The lowest BCUT2D eigenvalue weighted by Gasteiger charge is -2.34. The van der Waals surface area contributed by atoms with Gasteiger partial charge < -0.3 is 0 Å². The third-order valence-corrected chi connectivity index (χ3v) is 2.91. The summed E-state index contributed by atoms with van der Waals surface area (Å²) in [5.41, 5.74) is 0.452. The topological polar surface area (TPSA) is 0 Å². The van der Waals surface area contributed by atoms with Crippen LogP contribution in [0.25, 0.3) is 0 Å². The number of hydrogen-bond donors (Lipinski definition) is 0. The van der Waals surface area contributed by atoms with Crippen LogP contribution in [0.2, 0.25) is 0 Å². The minimum absolute atomic E-state index is 0.452. The molecule has 0 aliphatic heterocycles. The quantitative estimate of drug-likeness (QED) is 0.503. The van der Waals surface area contributed by atoms with E-state index >= 15 is 0 Å². The van der Waals surface area contributed by atoms with Crippen molar-refractivity contribution < 1.29 is 0 Å². The molecular formula is C11H20. The number of rotatable bonds is 1. The third-order valence-electron chi connectivity index (χ3n) is 2.91. The lowest BCUT2D eigenvalue weighted by atomic mass is 9.72. The molecular weight excluding hydrogens is 132 g/mol. The Balaban J connectivity index is 2.67. The van der Waals surface area contributed by atoms with Gasteiger partial charge in [0.15, 0.2) is 0 Å². The highest BCUT2D eigenvalue weighted by Crippen LogP contribution is 2.37. The molecule has 0 heteroatoms. The average Bonchev–Trinajstić information content (AvgIpc) is 1.94. The van der Waals surface area contributed by atoms with Gasteiger partial charge in [-0.15, -0.1) is 0 Å². The van der Waals surface area contributed by atoms with Crippen LogP contribution in [0.1, 0.15) is 40.5 Å². The van der Waals surface area contributed by atoms with Crippen molar-refractivity contribution in [2.75, 3.05) is 0 Å². The Morgan fingerprint density at radius 3 is 2.55 bits per heavy atom. The van der Waals surface area contributed by atoms with Crippen LogP contribution in [0, 0.1) is 17.3 Å². The lowest BCUT2D eigenvalue weighted by molar-refractivity contribution is 0.256. The zero-order chi connectivity index (χ0) is 8.48. The Labute approximate surface area is 70.7 Å². The fourth-order valence-electron chi connectivity index (χ4n) is 2.02. The Kier molecular flexibility index (Phi) is 2.41. The van der Waals surface area contributed by atoms with Crippen LogP contribution in [-0.4, -0.2) is 0 Å². The average molecular weight is 152 g/mol. The van der Waals surface area contributed by atoms with Crippen LogP contribution < -0.4 is 0 Å². The first kappa shape index (κ1) is 8.83. The largest absolute Gasteiger partial charge is 0.0849 e. The molecule has 1 aliphatic rings. The number of hydrogen-bond acceptors (Lipinski definition) is 0. The fourth-order valence-corrected chi connectivity index (χ4v) is 2.02. The summed E-state index contributed by atoms with van der Waals surface area (Å²) in [6.07, 6.45) is 7.46. The Hall–Kier alpha value is -0.260. The highest BCUT2D eigenvalue weighted by molar-refractivity contribution is 5.04. The fraction of sp³-hybridized carbons (Fsp3) is 0.818. The first-order chi connectivity index (χ1) is 5.05. The van der Waals surface area contributed by atoms with Crippen LogP contribution in [0.15, 0.2) is 12.2 Å². The third kappa shape index (κ3) is 2.08. The minimum Gasteiger partial charge on any atom is -0.0849 e. The molecule has 0 nitrogen and oxygen atoms in total. The maximum absolute atomic E-state index is 2.39. The zero-order valence-corrected chi connectivity index (χ0v) is 8.22. The predicted molar refractivity (Wildman–Crippen MR) is 50.5 cm³/mol. The van der Waals surface area contributed by atoms with E-state index in [9.17, 15) is 0 Å². The van der Waals surface area contributed by atoms with Gasteiger partial charge in [-0.05, 0) is 23.7 Å². The van der Waals surface area contributed by atoms with Crippen molar-refractivity contribution in [3.8, 4) is 0 Å². The van der Waals surface area contributed by atoms with E-state index < -0.39 is 0 Å². The normalized spacial score (nSPS) is 35.6. The first-order valence-corrected chi connectivity index (χ1v) is 4.74. The predicted octanol–water partition coefficient (Wildman–Crippen LogP) is 3.63. The Morgan fingerprint density at radius 1 is 1.45 bits per heavy atom. The van der Waals surface area contributed by atoms with E-state index in [1.165, 1.54) is 12.8 Å². The molecule has 0 radical (unpaired) electrons. The van der Waals surface area contributed by atoms with Crippen molar-refractivity contribution in [3.05, 3.63) is 12.2 Å². The van der Waals surface area contributed by atoms with E-state index in [1.54, 1.807) is 0 Å². The summed E-state index contributed by atoms with van der Waals surface area (Å²) in [7, 11) is 0. The molecule has 0 saturated heterocycles. The standard InChI is InChI=1S/C11H20/c1-5-10-8-11(3,4)7-6-9(10)2/h6-7,9-10H,5,8H2,1-4H3. The molecule has 1 aliphatic carbocycles. The van der Waals surface area contributed by atoms with Gasteiger partial charge in [-0.1, -0.05) is 46.3 Å². The van der Waals surface area contributed by atoms with Gasteiger partial charge in [0, 0.05) is 0 Å². The van der Waals surface area contributed by atoms with Crippen LogP contribution in [0.3, 0.4) is 0 Å². The van der Waals surface area contributed by atoms with Crippen molar-refractivity contribution >= 4 is 0 Å². The zero-order valence-electron chi connectivity index (χ0n) is 8.22. The van der Waals surface area contributed by atoms with E-state index in [2.05, 4.69) is 39.8 Å². The molecule has 0 fully saturated rings. The van der Waals surface area contributed by atoms with Crippen LogP contribution >= 0.6 is 0 Å². The molecule has 0 aromatic carbocycles. The van der Waals surface area contributed by atoms with Gasteiger partial charge >= 0.3 is 0 Å². The molecule has 2 unspecified atom stereocenters. The Bertz CT molecular complexity index is 153. The van der Waals surface area contributed by atoms with E-state index in [0.717, 1.165) is 11.8 Å². The molecule has 0 amide bonds. The summed E-state index contributed by atoms with van der Waals surface area (Å²) >= 11 is 0. The summed E-state index contributed by atoms with van der Waals surface area (Å²) < 4.78 is 0. The monoisotopic (exact) mass is 152 g/mol. The Morgan fingerprint density at radius 2 is 2.09 bits per heavy atom. The molecule has 0 aromatic rings. The molecule has 64 valence electrons. The van der Waals surface area contributed by atoms with Gasteiger partial charge in [0.25, 0.3) is 0 Å². The summed E-state index contributed by atoms with van der Waals surface area (Å²) in [4.78, 5) is 0. The minimum atomic E-state index is 0.452. The second kappa shape index (κ2) is 3.00. The van der Waals surface area contributed by atoms with Gasteiger partial charge in [0.05, 0.1) is 0 Å². The lowest BCUT2D eigenvalue weighted by Crippen LogP contribution is -2.23. The second-order valence-electron chi connectivity index (χ2n) is 4.58. The van der Waals surface area contributed by atoms with Gasteiger partial charge in [0.2, 0.25) is 0 Å². The molecule has 0 saturated carbocycles. The summed E-state index contributed by atoms with van der Waals surface area (Å²) in [5.74, 6) is 1.71. The molecule has 0 bridgehead atoms. The van der Waals surface area contributed by atoms with Gasteiger partial charge in [-0.25, -0.2) is 0 Å². The van der Waals surface area contributed by atoms with Gasteiger partial charge in [0.1, 0.15) is 0 Å². The molecule has 0 heterocycles. The molecule has 0 N–H and O–H groups in total. The summed E-state index contributed by atoms with van der Waals surface area (Å²) in [5, 5.41) is 0. The van der Waals surface area contributed by atoms with E-state index in [4.69, 9.17) is 0 Å². The molecule has 1 rings (SSSR count). The molecule has 11 heavy (non-hydrogen) atoms. The van der Waals surface area contributed by atoms with Crippen LogP contribution in [0.4, 0.5) is 0 Å². The number of allylic oxidation sites excluding steroid dienone is 2. The SMILES string of the molecule is CCC1CC(C)(C)C=CC1C. The van der Waals surface area contributed by atoms with E-state index in [1.807, 2.05) is 0 Å². The van der Waals surface area contributed by atoms with Crippen molar-refractivity contribution in [1.29, 1.82) is 0 Å². The summed E-state index contributed by atoms with van der Waals surface area (Å²) in [6.45, 7) is 9.30. The van der Waals surface area contributed by atoms with Crippen molar-refractivity contribution in [1.82, 2.24) is 0 Å². The van der Waals surface area contributed by atoms with Crippen molar-refractivity contribution in [3.63, 3.8) is 0 Å². The maximum atomic E-state index is 2.39.